The van der Waals surface area contributed by atoms with Crippen LogP contribution in [0, 0.1) is 6.92 Å². The van der Waals surface area contributed by atoms with E-state index in [4.69, 9.17) is 0 Å². The Morgan fingerprint density at radius 1 is 0.667 bits per heavy atom. The molecule has 0 N–H and O–H groups in total. The number of nitrogens with zero attached hydrogens (tertiary/aromatic N) is 1. The second-order valence-corrected chi connectivity index (χ2v) is 7.42. The molecule has 0 aromatic heterocycles. The fraction of sp³-hybridized carbons (Fsp3) is 0.0500. The Hall–Kier alpha value is -2.72. The molecule has 0 amide bonds. The molecular formula is C20H15NO2S. The van der Waals surface area contributed by atoms with Crippen molar-refractivity contribution in [3.05, 3.63) is 89.5 Å². The normalized spacial score (nSPS) is 12.6. The van der Waals surface area contributed by atoms with Gasteiger partial charge in [0, 0.05) is 11.1 Å². The largest absolute Gasteiger partial charge is 0.282 e. The zero-order chi connectivity index (χ0) is 16.7. The molecule has 0 spiro atoms. The first-order valence-corrected chi connectivity index (χ1v) is 9.11. The van der Waals surface area contributed by atoms with Crippen LogP contribution >= 0.6 is 0 Å². The van der Waals surface area contributed by atoms with Crippen molar-refractivity contribution >= 4 is 15.7 Å². The lowest BCUT2D eigenvalue weighted by Crippen LogP contribution is -2.05. The van der Waals surface area contributed by atoms with Crippen molar-refractivity contribution in [2.45, 2.75) is 11.8 Å². The monoisotopic (exact) mass is 333 g/mol. The third-order valence-electron chi connectivity index (χ3n) is 4.18. The van der Waals surface area contributed by atoms with Gasteiger partial charge in [-0.25, -0.2) is 0 Å². The van der Waals surface area contributed by atoms with Gasteiger partial charge in [-0.2, -0.15) is 12.8 Å². The van der Waals surface area contributed by atoms with E-state index in [1.54, 1.807) is 24.3 Å². The number of rotatable bonds is 2. The van der Waals surface area contributed by atoms with Gasteiger partial charge >= 0.3 is 0 Å². The van der Waals surface area contributed by atoms with E-state index in [9.17, 15) is 8.42 Å². The minimum atomic E-state index is -3.76. The minimum Gasteiger partial charge on any atom is -0.199 e. The van der Waals surface area contributed by atoms with Gasteiger partial charge in [0.15, 0.2) is 0 Å². The Morgan fingerprint density at radius 2 is 1.12 bits per heavy atom. The molecule has 0 fully saturated rings. The third-order valence-corrected chi connectivity index (χ3v) is 5.48. The van der Waals surface area contributed by atoms with Crippen LogP contribution in [0.5, 0.6) is 0 Å². The first-order chi connectivity index (χ1) is 11.6. The zero-order valence-corrected chi connectivity index (χ0v) is 13.9. The number of hydrogen-bond acceptors (Lipinski definition) is 2. The first-order valence-electron chi connectivity index (χ1n) is 7.67. The van der Waals surface area contributed by atoms with Crippen LogP contribution in [0.3, 0.4) is 0 Å². The molecule has 1 aliphatic carbocycles. The lowest BCUT2D eigenvalue weighted by Gasteiger charge is -2.04. The Bertz CT molecular complexity index is 1020. The van der Waals surface area contributed by atoms with Crippen LogP contribution in [0.4, 0.5) is 0 Å². The predicted octanol–water partition coefficient (Wildman–Crippen LogP) is 4.20. The molecule has 3 aromatic rings. The van der Waals surface area contributed by atoms with Gasteiger partial charge in [0.1, 0.15) is 0 Å². The summed E-state index contributed by atoms with van der Waals surface area (Å²) in [5.74, 6) is 0. The summed E-state index contributed by atoms with van der Waals surface area (Å²) < 4.78 is 29.6. The van der Waals surface area contributed by atoms with Crippen LogP contribution in [0.15, 0.2) is 82.1 Å². The quantitative estimate of drug-likeness (QED) is 0.552. The second-order valence-electron chi connectivity index (χ2n) is 5.82. The van der Waals surface area contributed by atoms with Crippen molar-refractivity contribution in [1.82, 2.24) is 0 Å². The van der Waals surface area contributed by atoms with E-state index in [0.29, 0.717) is 5.71 Å². The summed E-state index contributed by atoms with van der Waals surface area (Å²) >= 11 is 0. The molecule has 0 radical (unpaired) electrons. The molecule has 3 aromatic carbocycles. The van der Waals surface area contributed by atoms with Crippen molar-refractivity contribution in [2.75, 3.05) is 0 Å². The highest BCUT2D eigenvalue weighted by atomic mass is 32.2. The second kappa shape index (κ2) is 5.42. The molecule has 4 rings (SSSR count). The topological polar surface area (TPSA) is 46.5 Å². The summed E-state index contributed by atoms with van der Waals surface area (Å²) in [6.07, 6.45) is 0. The fourth-order valence-corrected chi connectivity index (χ4v) is 4.00. The molecule has 0 heterocycles. The van der Waals surface area contributed by atoms with Gasteiger partial charge in [-0.1, -0.05) is 66.2 Å². The number of hydrogen-bond donors (Lipinski definition) is 0. The molecule has 0 aliphatic heterocycles. The van der Waals surface area contributed by atoms with E-state index in [-0.39, 0.29) is 4.90 Å². The highest BCUT2D eigenvalue weighted by Crippen LogP contribution is 2.37. The van der Waals surface area contributed by atoms with Gasteiger partial charge in [0.2, 0.25) is 0 Å². The number of sulfonamides is 1. The van der Waals surface area contributed by atoms with E-state index in [0.717, 1.165) is 27.8 Å². The summed E-state index contributed by atoms with van der Waals surface area (Å²) in [5.41, 5.74) is 5.28. The highest BCUT2D eigenvalue weighted by molar-refractivity contribution is 7.90. The zero-order valence-electron chi connectivity index (χ0n) is 13.1. The van der Waals surface area contributed by atoms with Gasteiger partial charge in [0.05, 0.1) is 10.6 Å². The maximum Gasteiger partial charge on any atom is 0.282 e. The molecule has 1 aliphatic rings. The van der Waals surface area contributed by atoms with Crippen molar-refractivity contribution in [2.24, 2.45) is 4.40 Å². The smallest absolute Gasteiger partial charge is 0.199 e. The average Bonchev–Trinajstić information content (AvgIpc) is 2.90. The highest BCUT2D eigenvalue weighted by Gasteiger charge is 2.26. The van der Waals surface area contributed by atoms with Gasteiger partial charge < -0.3 is 0 Å². The number of benzene rings is 3. The summed E-state index contributed by atoms with van der Waals surface area (Å²) in [5, 5.41) is 0. The average molecular weight is 333 g/mol. The van der Waals surface area contributed by atoms with Crippen LogP contribution in [0.1, 0.15) is 16.7 Å². The first kappa shape index (κ1) is 14.8. The Labute approximate surface area is 141 Å². The molecule has 3 nitrogen and oxygen atoms in total. The molecule has 24 heavy (non-hydrogen) atoms. The maximum atomic E-state index is 12.7. The van der Waals surface area contributed by atoms with Crippen LogP contribution in [0.25, 0.3) is 11.1 Å². The van der Waals surface area contributed by atoms with Gasteiger partial charge in [-0.3, -0.25) is 0 Å². The number of aryl methyl sites for hydroxylation is 1. The van der Waals surface area contributed by atoms with Crippen LogP contribution in [-0.4, -0.2) is 14.1 Å². The van der Waals surface area contributed by atoms with Gasteiger partial charge in [-0.05, 0) is 30.2 Å². The van der Waals surface area contributed by atoms with E-state index in [1.165, 1.54) is 0 Å². The Balaban J connectivity index is 1.93. The van der Waals surface area contributed by atoms with Crippen molar-refractivity contribution in [3.8, 4) is 11.1 Å². The maximum absolute atomic E-state index is 12.7. The predicted molar refractivity (Wildman–Crippen MR) is 95.9 cm³/mol. The molecule has 4 heteroatoms. The van der Waals surface area contributed by atoms with Crippen LogP contribution in [0.2, 0.25) is 0 Å². The van der Waals surface area contributed by atoms with E-state index < -0.39 is 10.0 Å². The van der Waals surface area contributed by atoms with Crippen molar-refractivity contribution in [1.29, 1.82) is 0 Å². The van der Waals surface area contributed by atoms with Crippen LogP contribution < -0.4 is 0 Å². The summed E-state index contributed by atoms with van der Waals surface area (Å²) in [6.45, 7) is 1.92. The minimum absolute atomic E-state index is 0.211. The number of fused-ring (bicyclic) bond motifs is 3. The fourth-order valence-electron chi connectivity index (χ4n) is 2.98. The molecule has 118 valence electrons. The lowest BCUT2D eigenvalue weighted by molar-refractivity contribution is 0.598. The van der Waals surface area contributed by atoms with Crippen molar-refractivity contribution < 1.29 is 8.42 Å². The summed E-state index contributed by atoms with van der Waals surface area (Å²) in [4.78, 5) is 0.211. The van der Waals surface area contributed by atoms with E-state index in [1.807, 2.05) is 55.5 Å². The third kappa shape index (κ3) is 2.36. The summed E-state index contributed by atoms with van der Waals surface area (Å²) in [7, 11) is -3.76. The molecular weight excluding hydrogens is 318 g/mol. The standard InChI is InChI=1S/C20H15NO2S/c1-14-10-12-15(13-11-14)24(22,23)21-20-18-8-4-2-6-16(18)17-7-3-5-9-19(17)20/h2-13H,1H3. The van der Waals surface area contributed by atoms with E-state index >= 15 is 0 Å². The lowest BCUT2D eigenvalue weighted by atomic mass is 10.1. The SMILES string of the molecule is Cc1ccc(S(=O)(=O)N=C2c3ccccc3-c3ccccc32)cc1. The molecule has 0 bridgehead atoms. The van der Waals surface area contributed by atoms with Crippen molar-refractivity contribution in [3.63, 3.8) is 0 Å². The van der Waals surface area contributed by atoms with Gasteiger partial charge in [-0.15, -0.1) is 0 Å². The molecule has 0 unspecified atom stereocenters. The Kier molecular flexibility index (Phi) is 3.36. The Morgan fingerprint density at radius 3 is 1.62 bits per heavy atom. The molecule has 0 atom stereocenters. The summed E-state index contributed by atoms with van der Waals surface area (Å²) in [6, 6.07) is 22.3. The van der Waals surface area contributed by atoms with Gasteiger partial charge in [0.25, 0.3) is 10.0 Å². The van der Waals surface area contributed by atoms with Crippen LogP contribution in [-0.2, 0) is 10.0 Å². The molecule has 0 saturated carbocycles. The molecule has 0 saturated heterocycles. The van der Waals surface area contributed by atoms with E-state index in [2.05, 4.69) is 4.40 Å².